The number of nitrogens with two attached hydrogens (primary N) is 1. The highest BCUT2D eigenvalue weighted by molar-refractivity contribution is 9.10. The first kappa shape index (κ1) is 16.0. The molecule has 0 saturated carbocycles. The summed E-state index contributed by atoms with van der Waals surface area (Å²) in [5, 5.41) is 8.53. The van der Waals surface area contributed by atoms with Crippen LogP contribution >= 0.6 is 15.9 Å². The molecule has 0 amide bonds. The van der Waals surface area contributed by atoms with Gasteiger partial charge in [0.25, 0.3) is 0 Å². The molecule has 0 aliphatic carbocycles. The van der Waals surface area contributed by atoms with Gasteiger partial charge >= 0.3 is 0 Å². The fourth-order valence-electron chi connectivity index (χ4n) is 2.03. The van der Waals surface area contributed by atoms with Crippen LogP contribution in [-0.2, 0) is 10.0 Å². The maximum Gasteiger partial charge on any atom is 0.238 e. The molecule has 1 unspecified atom stereocenters. The van der Waals surface area contributed by atoms with Gasteiger partial charge in [-0.1, -0.05) is 18.2 Å². The summed E-state index contributed by atoms with van der Waals surface area (Å²) in [6.07, 6.45) is 0. The van der Waals surface area contributed by atoms with Crippen LogP contribution in [0.4, 0.5) is 5.69 Å². The van der Waals surface area contributed by atoms with Crippen LogP contribution in [0.25, 0.3) is 0 Å². The normalized spacial score (nSPS) is 13.0. The molecule has 0 bridgehead atoms. The highest BCUT2D eigenvalue weighted by atomic mass is 79.9. The van der Waals surface area contributed by atoms with E-state index in [9.17, 15) is 8.42 Å². The van der Waals surface area contributed by atoms with E-state index >= 15 is 0 Å². The van der Waals surface area contributed by atoms with Gasteiger partial charge < -0.3 is 5.32 Å². The molecule has 112 valence electrons. The molecule has 0 aliphatic heterocycles. The van der Waals surface area contributed by atoms with Gasteiger partial charge in [-0.15, -0.1) is 0 Å². The minimum absolute atomic E-state index is 0.0511. The van der Waals surface area contributed by atoms with E-state index in [0.717, 1.165) is 21.3 Å². The molecule has 3 N–H and O–H groups in total. The summed E-state index contributed by atoms with van der Waals surface area (Å²) >= 11 is 3.50. The van der Waals surface area contributed by atoms with Crippen LogP contribution in [0.2, 0.25) is 0 Å². The SMILES string of the molecule is Cc1ccc(Br)c(NC(C)c2cccc(S(N)(=O)=O)c2)c1. The second-order valence-electron chi connectivity index (χ2n) is 4.97. The summed E-state index contributed by atoms with van der Waals surface area (Å²) in [5.41, 5.74) is 2.96. The van der Waals surface area contributed by atoms with Crippen molar-refractivity contribution in [3.8, 4) is 0 Å². The molecule has 0 radical (unpaired) electrons. The fraction of sp³-hybridized carbons (Fsp3) is 0.200. The number of hydrogen-bond donors (Lipinski definition) is 2. The van der Waals surface area contributed by atoms with Gasteiger partial charge in [-0.25, -0.2) is 13.6 Å². The number of benzene rings is 2. The van der Waals surface area contributed by atoms with Crippen LogP contribution in [0, 0.1) is 6.92 Å². The largest absolute Gasteiger partial charge is 0.378 e. The van der Waals surface area contributed by atoms with Crippen LogP contribution < -0.4 is 10.5 Å². The first-order valence-corrected chi connectivity index (χ1v) is 8.77. The van der Waals surface area contributed by atoms with Gasteiger partial charge in [-0.05, 0) is 65.2 Å². The van der Waals surface area contributed by atoms with Crippen molar-refractivity contribution in [3.05, 3.63) is 58.1 Å². The minimum Gasteiger partial charge on any atom is -0.378 e. The molecule has 0 heterocycles. The third-order valence-electron chi connectivity index (χ3n) is 3.18. The molecule has 4 nitrogen and oxygen atoms in total. The molecule has 0 saturated heterocycles. The van der Waals surface area contributed by atoms with Crippen LogP contribution in [0.15, 0.2) is 51.8 Å². The van der Waals surface area contributed by atoms with Gasteiger partial charge in [0.15, 0.2) is 0 Å². The van der Waals surface area contributed by atoms with Crippen molar-refractivity contribution < 1.29 is 8.42 Å². The van der Waals surface area contributed by atoms with E-state index < -0.39 is 10.0 Å². The first-order chi connectivity index (χ1) is 9.77. The van der Waals surface area contributed by atoms with Gasteiger partial charge in [0.05, 0.1) is 4.90 Å². The fourth-order valence-corrected chi connectivity index (χ4v) is 2.96. The van der Waals surface area contributed by atoms with Crippen LogP contribution in [0.1, 0.15) is 24.1 Å². The standard InChI is InChI=1S/C15H17BrN2O2S/c1-10-6-7-14(16)15(8-10)18-11(2)12-4-3-5-13(9-12)21(17,19)20/h3-9,11,18H,1-2H3,(H2,17,19,20). The molecule has 2 aromatic carbocycles. The Balaban J connectivity index is 2.28. The van der Waals surface area contributed by atoms with Gasteiger partial charge in [0.2, 0.25) is 10.0 Å². The Morgan fingerprint density at radius 2 is 1.90 bits per heavy atom. The van der Waals surface area contributed by atoms with E-state index in [1.54, 1.807) is 12.1 Å². The molecule has 1 atom stereocenters. The molecule has 2 rings (SSSR count). The van der Waals surface area contributed by atoms with E-state index in [0.29, 0.717) is 0 Å². The van der Waals surface area contributed by atoms with Gasteiger partial charge in [0.1, 0.15) is 0 Å². The van der Waals surface area contributed by atoms with E-state index in [-0.39, 0.29) is 10.9 Å². The summed E-state index contributed by atoms with van der Waals surface area (Å²) in [5.74, 6) is 0. The topological polar surface area (TPSA) is 72.2 Å². The van der Waals surface area contributed by atoms with Gasteiger partial charge in [-0.3, -0.25) is 0 Å². The van der Waals surface area contributed by atoms with Crippen LogP contribution in [-0.4, -0.2) is 8.42 Å². The molecule has 21 heavy (non-hydrogen) atoms. The van der Waals surface area contributed by atoms with E-state index in [1.807, 2.05) is 38.1 Å². The number of sulfonamides is 1. The number of rotatable bonds is 4. The Kier molecular flexibility index (Phi) is 4.70. The molecule has 2 aromatic rings. The molecule has 0 fully saturated rings. The molecule has 0 spiro atoms. The predicted octanol–water partition coefficient (Wildman–Crippen LogP) is 3.58. The van der Waals surface area contributed by atoms with Gasteiger partial charge in [0, 0.05) is 16.2 Å². The number of nitrogens with one attached hydrogen (secondary N) is 1. The maximum atomic E-state index is 11.4. The second kappa shape index (κ2) is 6.17. The number of aryl methyl sites for hydroxylation is 1. The van der Waals surface area contributed by atoms with Gasteiger partial charge in [-0.2, -0.15) is 0 Å². The monoisotopic (exact) mass is 368 g/mol. The summed E-state index contributed by atoms with van der Waals surface area (Å²) < 4.78 is 23.8. The number of hydrogen-bond acceptors (Lipinski definition) is 3. The number of anilines is 1. The average molecular weight is 369 g/mol. The van der Waals surface area contributed by atoms with Crippen LogP contribution in [0.3, 0.4) is 0 Å². The summed E-state index contributed by atoms with van der Waals surface area (Å²) in [6, 6.07) is 12.6. The summed E-state index contributed by atoms with van der Waals surface area (Å²) in [4.78, 5) is 0.122. The lowest BCUT2D eigenvalue weighted by Crippen LogP contribution is -2.13. The molecular formula is C15H17BrN2O2S. The predicted molar refractivity (Wildman–Crippen MR) is 88.7 cm³/mol. The lowest BCUT2D eigenvalue weighted by atomic mass is 10.1. The van der Waals surface area contributed by atoms with Crippen molar-refractivity contribution in [2.24, 2.45) is 5.14 Å². The maximum absolute atomic E-state index is 11.4. The minimum atomic E-state index is -3.68. The zero-order valence-corrected chi connectivity index (χ0v) is 14.2. The number of halogens is 1. The van der Waals surface area contributed by atoms with E-state index in [1.165, 1.54) is 6.07 Å². The highest BCUT2D eigenvalue weighted by Gasteiger charge is 2.12. The van der Waals surface area contributed by atoms with Crippen molar-refractivity contribution in [1.82, 2.24) is 0 Å². The van der Waals surface area contributed by atoms with Crippen molar-refractivity contribution in [2.75, 3.05) is 5.32 Å². The second-order valence-corrected chi connectivity index (χ2v) is 7.38. The van der Waals surface area contributed by atoms with Crippen LogP contribution in [0.5, 0.6) is 0 Å². The van der Waals surface area contributed by atoms with E-state index in [4.69, 9.17) is 5.14 Å². The Labute approximate surface area is 133 Å². The summed E-state index contributed by atoms with van der Waals surface area (Å²) in [6.45, 7) is 3.99. The zero-order chi connectivity index (χ0) is 15.6. The molecule has 6 heteroatoms. The lowest BCUT2D eigenvalue weighted by molar-refractivity contribution is 0.597. The van der Waals surface area contributed by atoms with Crippen molar-refractivity contribution in [1.29, 1.82) is 0 Å². The van der Waals surface area contributed by atoms with Crippen molar-refractivity contribution >= 4 is 31.6 Å². The average Bonchev–Trinajstić information content (AvgIpc) is 2.42. The smallest absolute Gasteiger partial charge is 0.238 e. The Bertz CT molecular complexity index is 760. The van der Waals surface area contributed by atoms with Crippen molar-refractivity contribution in [2.45, 2.75) is 24.8 Å². The van der Waals surface area contributed by atoms with E-state index in [2.05, 4.69) is 21.2 Å². The Hall–Kier alpha value is -1.37. The zero-order valence-electron chi connectivity index (χ0n) is 11.8. The van der Waals surface area contributed by atoms with Crippen molar-refractivity contribution in [3.63, 3.8) is 0 Å². The lowest BCUT2D eigenvalue weighted by Gasteiger charge is -2.18. The summed E-state index contributed by atoms with van der Waals surface area (Å²) in [7, 11) is -3.68. The highest BCUT2D eigenvalue weighted by Crippen LogP contribution is 2.28. The quantitative estimate of drug-likeness (QED) is 0.865. The number of primary sulfonamides is 1. The molecular weight excluding hydrogens is 352 g/mol. The third-order valence-corrected chi connectivity index (χ3v) is 4.78. The Morgan fingerprint density at radius 3 is 2.57 bits per heavy atom. The molecule has 0 aromatic heterocycles. The Morgan fingerprint density at radius 1 is 1.19 bits per heavy atom. The molecule has 0 aliphatic rings. The first-order valence-electron chi connectivity index (χ1n) is 6.43. The third kappa shape index (κ3) is 4.06.